The van der Waals surface area contributed by atoms with E-state index in [4.69, 9.17) is 0 Å². The fourth-order valence-electron chi connectivity index (χ4n) is 4.18. The summed E-state index contributed by atoms with van der Waals surface area (Å²) in [4.78, 5) is 14.7. The second-order valence-corrected chi connectivity index (χ2v) is 6.85. The van der Waals surface area contributed by atoms with Gasteiger partial charge in [0.25, 0.3) is 5.91 Å². The van der Waals surface area contributed by atoms with E-state index in [0.717, 1.165) is 17.7 Å². The highest BCUT2D eigenvalue weighted by atomic mass is 16.2. The molecule has 1 aromatic carbocycles. The largest absolute Gasteiger partial charge is 0.349 e. The van der Waals surface area contributed by atoms with Crippen LogP contribution in [0.2, 0.25) is 0 Å². The van der Waals surface area contributed by atoms with Gasteiger partial charge in [-0.05, 0) is 40.8 Å². The van der Waals surface area contributed by atoms with E-state index in [2.05, 4.69) is 45.1 Å². The first kappa shape index (κ1) is 13.7. The van der Waals surface area contributed by atoms with Gasteiger partial charge in [0.1, 0.15) is 0 Å². The monoisotopic (exact) mass is 322 g/mol. The van der Waals surface area contributed by atoms with Crippen LogP contribution in [0.15, 0.2) is 35.5 Å². The Bertz CT molecular complexity index is 885. The molecule has 1 aliphatic heterocycles. The van der Waals surface area contributed by atoms with Gasteiger partial charge in [0.2, 0.25) is 5.95 Å². The van der Waals surface area contributed by atoms with Gasteiger partial charge in [-0.15, -0.1) is 0 Å². The Hall–Kier alpha value is -2.70. The third-order valence-electron chi connectivity index (χ3n) is 5.67. The van der Waals surface area contributed by atoms with Crippen molar-refractivity contribution in [3.8, 4) is 0 Å². The van der Waals surface area contributed by atoms with E-state index in [9.17, 15) is 4.79 Å². The summed E-state index contributed by atoms with van der Waals surface area (Å²) in [5.74, 6) is 1.70. The minimum atomic E-state index is -0.00242. The van der Waals surface area contributed by atoms with E-state index in [1.165, 1.54) is 11.1 Å². The second-order valence-electron chi connectivity index (χ2n) is 6.85. The third-order valence-corrected chi connectivity index (χ3v) is 5.67. The van der Waals surface area contributed by atoms with Crippen molar-refractivity contribution in [1.29, 1.82) is 0 Å². The number of aromatic nitrogens is 4. The van der Waals surface area contributed by atoms with Crippen molar-refractivity contribution in [3.63, 3.8) is 0 Å². The number of fused-ring (bicyclic) bond motifs is 4. The first-order chi connectivity index (χ1) is 11.6. The molecular weight excluding hydrogens is 304 g/mol. The summed E-state index contributed by atoms with van der Waals surface area (Å²) in [7, 11) is 1.88. The van der Waals surface area contributed by atoms with E-state index >= 15 is 0 Å². The van der Waals surface area contributed by atoms with Gasteiger partial charge in [0.05, 0.1) is 12.1 Å². The van der Waals surface area contributed by atoms with Gasteiger partial charge in [-0.25, -0.2) is 4.68 Å². The zero-order valence-corrected chi connectivity index (χ0v) is 13.6. The maximum absolute atomic E-state index is 12.8. The molecule has 5 rings (SSSR count). The molecule has 24 heavy (non-hydrogen) atoms. The van der Waals surface area contributed by atoms with E-state index in [-0.39, 0.29) is 11.9 Å². The van der Waals surface area contributed by atoms with Gasteiger partial charge >= 0.3 is 0 Å². The summed E-state index contributed by atoms with van der Waals surface area (Å²) in [6.45, 7) is 2.36. The van der Waals surface area contributed by atoms with Crippen LogP contribution in [-0.4, -0.2) is 39.2 Å². The molecule has 2 aliphatic carbocycles. The van der Waals surface area contributed by atoms with Crippen LogP contribution >= 0.6 is 0 Å². The number of carbonyl (C=O) groups excluding carboxylic acids is 1. The van der Waals surface area contributed by atoms with E-state index < -0.39 is 0 Å². The summed E-state index contributed by atoms with van der Waals surface area (Å²) in [5, 5.41) is 14.9. The van der Waals surface area contributed by atoms with Crippen LogP contribution in [-0.2, 0) is 17.8 Å². The average molecular weight is 322 g/mol. The van der Waals surface area contributed by atoms with Crippen LogP contribution in [0.5, 0.6) is 0 Å². The van der Waals surface area contributed by atoms with E-state index in [1.807, 2.05) is 18.9 Å². The minimum Gasteiger partial charge on any atom is -0.349 e. The van der Waals surface area contributed by atoms with Crippen LogP contribution in [0.25, 0.3) is 0 Å². The Morgan fingerprint density at radius 1 is 1.33 bits per heavy atom. The van der Waals surface area contributed by atoms with Gasteiger partial charge in [-0.1, -0.05) is 29.4 Å². The van der Waals surface area contributed by atoms with Crippen LogP contribution in [0.3, 0.4) is 0 Å². The standard InChI is InChI=1S/C17H18N6O/c1-9-13(8-23-17(22(9)2)19-20-21-23)16(24)18-15-12-7-10-5-3-4-6-11(10)14(12)15/h3-6,12,14-15H,7-8H2,1-2H3,(H,18,24). The van der Waals surface area contributed by atoms with Crippen LogP contribution in [0.4, 0.5) is 5.95 Å². The van der Waals surface area contributed by atoms with Crippen molar-refractivity contribution in [2.45, 2.75) is 31.8 Å². The molecule has 7 nitrogen and oxygen atoms in total. The fourth-order valence-corrected chi connectivity index (χ4v) is 4.18. The topological polar surface area (TPSA) is 75.9 Å². The highest BCUT2D eigenvalue weighted by Gasteiger charge is 2.56. The SMILES string of the molecule is CC1=C(C(=O)NC2C3Cc4ccccc4C32)Cn2nnnc2N1C. The number of allylic oxidation sites excluding steroid dienone is 1. The lowest BCUT2D eigenvalue weighted by molar-refractivity contribution is -0.118. The highest BCUT2D eigenvalue weighted by molar-refractivity contribution is 5.95. The van der Waals surface area contributed by atoms with Crippen molar-refractivity contribution in [2.24, 2.45) is 5.92 Å². The highest BCUT2D eigenvalue weighted by Crippen LogP contribution is 2.56. The summed E-state index contributed by atoms with van der Waals surface area (Å²) < 4.78 is 1.66. The maximum Gasteiger partial charge on any atom is 0.251 e. The molecule has 122 valence electrons. The molecule has 0 bridgehead atoms. The molecule has 3 aliphatic rings. The second kappa shape index (κ2) is 4.66. The molecule has 7 heteroatoms. The van der Waals surface area contributed by atoms with Crippen molar-refractivity contribution in [1.82, 2.24) is 25.5 Å². The van der Waals surface area contributed by atoms with Crippen molar-refractivity contribution in [3.05, 3.63) is 46.7 Å². The number of tetrazole rings is 1. The number of carbonyl (C=O) groups is 1. The van der Waals surface area contributed by atoms with E-state index in [0.29, 0.717) is 24.3 Å². The lowest BCUT2D eigenvalue weighted by Gasteiger charge is -2.26. The lowest BCUT2D eigenvalue weighted by atomic mass is 10.0. The average Bonchev–Trinajstić information content (AvgIpc) is 2.96. The molecule has 0 saturated heterocycles. The number of anilines is 1. The normalized spacial score (nSPS) is 26.8. The quantitative estimate of drug-likeness (QED) is 0.887. The number of nitrogens with zero attached hydrogens (tertiary/aromatic N) is 5. The number of rotatable bonds is 2. The maximum atomic E-state index is 12.8. The number of hydrogen-bond acceptors (Lipinski definition) is 5. The third kappa shape index (κ3) is 1.78. The molecule has 3 unspecified atom stereocenters. The Labute approximate surface area is 139 Å². The first-order valence-corrected chi connectivity index (χ1v) is 8.23. The van der Waals surface area contributed by atoms with Crippen LogP contribution in [0, 0.1) is 5.92 Å². The van der Waals surface area contributed by atoms with Crippen molar-refractivity contribution in [2.75, 3.05) is 11.9 Å². The molecule has 1 saturated carbocycles. The minimum absolute atomic E-state index is 0.00242. The molecular formula is C17H18N6O. The number of hydrogen-bond donors (Lipinski definition) is 1. The van der Waals surface area contributed by atoms with Gasteiger partial charge in [-0.3, -0.25) is 4.79 Å². The Morgan fingerprint density at radius 3 is 3.04 bits per heavy atom. The molecule has 2 aromatic rings. The van der Waals surface area contributed by atoms with Gasteiger partial charge < -0.3 is 10.2 Å². The molecule has 0 spiro atoms. The Morgan fingerprint density at radius 2 is 2.17 bits per heavy atom. The zero-order valence-electron chi connectivity index (χ0n) is 13.6. The van der Waals surface area contributed by atoms with Gasteiger partial charge in [-0.2, -0.15) is 0 Å². The first-order valence-electron chi connectivity index (χ1n) is 8.23. The van der Waals surface area contributed by atoms with Crippen LogP contribution < -0.4 is 10.2 Å². The Kier molecular flexibility index (Phi) is 2.66. The lowest BCUT2D eigenvalue weighted by Crippen LogP contribution is -2.37. The number of amides is 1. The summed E-state index contributed by atoms with van der Waals surface area (Å²) >= 11 is 0. The van der Waals surface area contributed by atoms with Crippen molar-refractivity contribution >= 4 is 11.9 Å². The molecule has 1 aromatic heterocycles. The molecule has 2 heterocycles. The Balaban J connectivity index is 1.35. The van der Waals surface area contributed by atoms with E-state index in [1.54, 1.807) is 4.68 Å². The van der Waals surface area contributed by atoms with Crippen LogP contribution in [0.1, 0.15) is 24.0 Å². The fraction of sp³-hybridized carbons (Fsp3) is 0.412. The number of nitrogens with one attached hydrogen (secondary N) is 1. The summed E-state index contributed by atoms with van der Waals surface area (Å²) in [6, 6.07) is 8.82. The summed E-state index contributed by atoms with van der Waals surface area (Å²) in [5.41, 5.74) is 4.47. The molecule has 1 fully saturated rings. The molecule has 0 radical (unpaired) electrons. The molecule has 1 N–H and O–H groups in total. The molecule has 1 amide bonds. The zero-order chi connectivity index (χ0) is 16.4. The van der Waals surface area contributed by atoms with Crippen molar-refractivity contribution < 1.29 is 4.79 Å². The summed E-state index contributed by atoms with van der Waals surface area (Å²) in [6.07, 6.45) is 1.07. The van der Waals surface area contributed by atoms with Gasteiger partial charge in [0, 0.05) is 24.7 Å². The smallest absolute Gasteiger partial charge is 0.251 e. The van der Waals surface area contributed by atoms with Gasteiger partial charge in [0.15, 0.2) is 0 Å². The number of benzene rings is 1. The molecule has 3 atom stereocenters. The predicted molar refractivity (Wildman–Crippen MR) is 87.2 cm³/mol. The predicted octanol–water partition coefficient (Wildman–Crippen LogP) is 0.851.